The van der Waals surface area contributed by atoms with E-state index in [4.69, 9.17) is 0 Å². The topological polar surface area (TPSA) is 37.3 Å². The molecule has 0 spiro atoms. The molecule has 122 valence electrons. The third kappa shape index (κ3) is 2.65. The highest BCUT2D eigenvalue weighted by Crippen LogP contribution is 2.23. The minimum Gasteiger partial charge on any atom is -0.358 e. The van der Waals surface area contributed by atoms with E-state index >= 15 is 0 Å². The number of carbonyl (C=O) groups excluding carboxylic acids is 1. The Kier molecular flexibility index (Phi) is 3.73. The normalized spacial score (nSPS) is 17.0. The van der Waals surface area contributed by atoms with Gasteiger partial charge in [0.15, 0.2) is 0 Å². The van der Waals surface area contributed by atoms with Gasteiger partial charge >= 0.3 is 0 Å². The third-order valence-corrected chi connectivity index (χ3v) is 5.14. The Hall–Kier alpha value is -2.39. The molecule has 0 radical (unpaired) electrons. The minimum atomic E-state index is 0.247. The number of hydrogen-bond donors (Lipinski definition) is 2. The Balaban J connectivity index is 1.58. The van der Waals surface area contributed by atoms with Crippen molar-refractivity contribution in [2.75, 3.05) is 13.1 Å². The van der Waals surface area contributed by atoms with Crippen molar-refractivity contribution in [1.82, 2.24) is 4.98 Å². The van der Waals surface area contributed by atoms with Crippen molar-refractivity contribution in [2.24, 2.45) is 0 Å². The smallest absolute Gasteiger partial charge is 0.219 e. The molecule has 1 aliphatic heterocycles. The van der Waals surface area contributed by atoms with Crippen LogP contribution in [0, 0.1) is 13.8 Å². The molecule has 1 unspecified atom stereocenters. The van der Waals surface area contributed by atoms with Crippen molar-refractivity contribution in [3.8, 4) is 0 Å². The Morgan fingerprint density at radius 2 is 1.92 bits per heavy atom. The quantitative estimate of drug-likeness (QED) is 0.716. The zero-order valence-corrected chi connectivity index (χ0v) is 14.3. The largest absolute Gasteiger partial charge is 0.358 e. The van der Waals surface area contributed by atoms with E-state index in [1.165, 1.54) is 21.6 Å². The van der Waals surface area contributed by atoms with Crippen molar-refractivity contribution < 1.29 is 9.69 Å². The van der Waals surface area contributed by atoms with Gasteiger partial charge in [-0.2, -0.15) is 0 Å². The SMILES string of the molecule is Cc1ccc2c(C(=O)C[NH+]3CCc4ccccc4C3)c(C)[nH]c2c1. The molecule has 2 heterocycles. The van der Waals surface area contributed by atoms with Crippen molar-refractivity contribution in [1.29, 1.82) is 0 Å². The Bertz CT molecular complexity index is 923. The lowest BCUT2D eigenvalue weighted by Gasteiger charge is -2.25. The summed E-state index contributed by atoms with van der Waals surface area (Å²) in [6, 6.07) is 14.9. The van der Waals surface area contributed by atoms with Gasteiger partial charge in [-0.3, -0.25) is 4.79 Å². The molecule has 4 rings (SSSR count). The van der Waals surface area contributed by atoms with Gasteiger partial charge in [-0.1, -0.05) is 36.4 Å². The molecule has 3 heteroatoms. The van der Waals surface area contributed by atoms with E-state index < -0.39 is 0 Å². The Morgan fingerprint density at radius 1 is 1.12 bits per heavy atom. The first-order chi connectivity index (χ1) is 11.6. The van der Waals surface area contributed by atoms with E-state index in [0.717, 1.165) is 41.7 Å². The molecule has 0 saturated heterocycles. The Labute approximate surface area is 142 Å². The van der Waals surface area contributed by atoms with Gasteiger partial charge in [0.25, 0.3) is 0 Å². The van der Waals surface area contributed by atoms with E-state index in [0.29, 0.717) is 6.54 Å². The van der Waals surface area contributed by atoms with Crippen molar-refractivity contribution >= 4 is 16.7 Å². The average Bonchev–Trinajstić information content (AvgIpc) is 2.89. The van der Waals surface area contributed by atoms with Crippen LogP contribution in [0.25, 0.3) is 10.9 Å². The van der Waals surface area contributed by atoms with E-state index in [-0.39, 0.29) is 5.78 Å². The van der Waals surface area contributed by atoms with E-state index in [1.807, 2.05) is 6.92 Å². The zero-order chi connectivity index (χ0) is 16.7. The number of Topliss-reactive ketones (excluding diaryl/α,β-unsaturated/α-hetero) is 1. The van der Waals surface area contributed by atoms with E-state index in [9.17, 15) is 4.79 Å². The fourth-order valence-electron chi connectivity index (χ4n) is 3.91. The summed E-state index contributed by atoms with van der Waals surface area (Å²) in [5.74, 6) is 0.247. The zero-order valence-electron chi connectivity index (χ0n) is 14.3. The monoisotopic (exact) mass is 319 g/mol. The summed E-state index contributed by atoms with van der Waals surface area (Å²) >= 11 is 0. The molecule has 2 N–H and O–H groups in total. The standard InChI is InChI=1S/C21H22N2O/c1-14-7-8-18-19(11-14)22-15(2)21(18)20(24)13-23-10-9-16-5-3-4-6-17(16)12-23/h3-8,11,22H,9-10,12-13H2,1-2H3/p+1. The summed E-state index contributed by atoms with van der Waals surface area (Å²) in [6.07, 6.45) is 1.06. The van der Waals surface area contributed by atoms with Gasteiger partial charge in [-0.05, 0) is 31.0 Å². The maximum atomic E-state index is 13.0. The molecule has 0 aliphatic carbocycles. The maximum Gasteiger partial charge on any atom is 0.219 e. The molecule has 1 aliphatic rings. The summed E-state index contributed by atoms with van der Waals surface area (Å²) in [5.41, 5.74) is 6.95. The van der Waals surface area contributed by atoms with Gasteiger partial charge < -0.3 is 9.88 Å². The van der Waals surface area contributed by atoms with E-state index in [1.54, 1.807) is 0 Å². The average molecular weight is 319 g/mol. The molecule has 3 nitrogen and oxygen atoms in total. The van der Waals surface area contributed by atoms with Gasteiger partial charge in [0, 0.05) is 28.6 Å². The highest BCUT2D eigenvalue weighted by atomic mass is 16.1. The minimum absolute atomic E-state index is 0.247. The molecule has 1 atom stereocenters. The van der Waals surface area contributed by atoms with Gasteiger partial charge in [-0.15, -0.1) is 0 Å². The Morgan fingerprint density at radius 3 is 2.75 bits per heavy atom. The third-order valence-electron chi connectivity index (χ3n) is 5.14. The van der Waals surface area contributed by atoms with Crippen LogP contribution in [0.5, 0.6) is 0 Å². The number of rotatable bonds is 3. The van der Waals surface area contributed by atoms with Crippen LogP contribution in [0.3, 0.4) is 0 Å². The number of carbonyl (C=O) groups is 1. The van der Waals surface area contributed by atoms with Crippen LogP contribution in [-0.2, 0) is 13.0 Å². The first-order valence-electron chi connectivity index (χ1n) is 8.64. The molecule has 2 aromatic carbocycles. The fourth-order valence-corrected chi connectivity index (χ4v) is 3.91. The maximum absolute atomic E-state index is 13.0. The number of hydrogen-bond acceptors (Lipinski definition) is 1. The van der Waals surface area contributed by atoms with Crippen LogP contribution >= 0.6 is 0 Å². The molecule has 0 amide bonds. The molecule has 0 bridgehead atoms. The predicted molar refractivity (Wildman–Crippen MR) is 96.6 cm³/mol. The summed E-state index contributed by atoms with van der Waals surface area (Å²) < 4.78 is 0. The number of aromatic amines is 1. The molecule has 0 fully saturated rings. The van der Waals surface area contributed by atoms with Gasteiger partial charge in [-0.25, -0.2) is 0 Å². The number of H-pyrrole nitrogens is 1. The summed E-state index contributed by atoms with van der Waals surface area (Å²) in [6.45, 7) is 6.62. The number of fused-ring (bicyclic) bond motifs is 2. The second-order valence-electron chi connectivity index (χ2n) is 6.97. The van der Waals surface area contributed by atoms with Gasteiger partial charge in [0.1, 0.15) is 13.1 Å². The number of benzene rings is 2. The summed E-state index contributed by atoms with van der Waals surface area (Å²) in [5, 5.41) is 1.06. The van der Waals surface area contributed by atoms with Crippen LogP contribution < -0.4 is 4.90 Å². The second-order valence-corrected chi connectivity index (χ2v) is 6.97. The number of aryl methyl sites for hydroxylation is 2. The molecular weight excluding hydrogens is 296 g/mol. The van der Waals surface area contributed by atoms with Gasteiger partial charge in [0.05, 0.1) is 12.1 Å². The van der Waals surface area contributed by atoms with E-state index in [2.05, 4.69) is 54.4 Å². The van der Waals surface area contributed by atoms with Crippen LogP contribution in [0.15, 0.2) is 42.5 Å². The lowest BCUT2D eigenvalue weighted by Crippen LogP contribution is -3.12. The van der Waals surface area contributed by atoms with Crippen molar-refractivity contribution in [2.45, 2.75) is 26.8 Å². The first-order valence-corrected chi connectivity index (χ1v) is 8.64. The molecule has 1 aromatic heterocycles. The van der Waals surface area contributed by atoms with Crippen LogP contribution in [-0.4, -0.2) is 23.9 Å². The lowest BCUT2D eigenvalue weighted by molar-refractivity contribution is -0.907. The lowest BCUT2D eigenvalue weighted by atomic mass is 9.99. The fraction of sp³-hybridized carbons (Fsp3) is 0.286. The number of aromatic nitrogens is 1. The van der Waals surface area contributed by atoms with Gasteiger partial charge in [0.2, 0.25) is 5.78 Å². The summed E-state index contributed by atoms with van der Waals surface area (Å²) in [7, 11) is 0. The molecular formula is C21H23N2O+. The first kappa shape index (κ1) is 15.2. The van der Waals surface area contributed by atoms with Crippen molar-refractivity contribution in [3.05, 3.63) is 70.4 Å². The molecule has 3 aromatic rings. The second kappa shape index (κ2) is 5.91. The number of quaternary nitrogens is 1. The van der Waals surface area contributed by atoms with Crippen LogP contribution in [0.1, 0.15) is 32.7 Å². The molecule has 0 saturated carbocycles. The van der Waals surface area contributed by atoms with Crippen LogP contribution in [0.4, 0.5) is 0 Å². The highest BCUT2D eigenvalue weighted by molar-refractivity contribution is 6.09. The van der Waals surface area contributed by atoms with Crippen LogP contribution in [0.2, 0.25) is 0 Å². The number of nitrogens with one attached hydrogen (secondary N) is 2. The van der Waals surface area contributed by atoms with Crippen molar-refractivity contribution in [3.63, 3.8) is 0 Å². The predicted octanol–water partition coefficient (Wildman–Crippen LogP) is 2.61. The highest BCUT2D eigenvalue weighted by Gasteiger charge is 2.24. The molecule has 24 heavy (non-hydrogen) atoms. The number of ketones is 1. The summed E-state index contributed by atoms with van der Waals surface area (Å²) in [4.78, 5) is 17.7.